The highest BCUT2D eigenvalue weighted by Gasteiger charge is 2.28. The quantitative estimate of drug-likeness (QED) is 0.618. The van der Waals surface area contributed by atoms with Crippen molar-refractivity contribution >= 4 is 11.9 Å². The van der Waals surface area contributed by atoms with E-state index in [1.165, 1.54) is 13.5 Å². The van der Waals surface area contributed by atoms with E-state index in [0.29, 0.717) is 19.7 Å². The Labute approximate surface area is 161 Å². The van der Waals surface area contributed by atoms with Crippen molar-refractivity contribution in [2.75, 3.05) is 33.9 Å². The van der Waals surface area contributed by atoms with Crippen molar-refractivity contribution in [3.63, 3.8) is 0 Å². The number of carbonyl (C=O) groups is 2. The molecule has 1 amide bonds. The summed E-state index contributed by atoms with van der Waals surface area (Å²) in [4.78, 5) is 26.5. The molecule has 1 aromatic rings. The third-order valence-electron chi connectivity index (χ3n) is 5.05. The van der Waals surface area contributed by atoms with E-state index in [1.54, 1.807) is 18.9 Å². The van der Waals surface area contributed by atoms with Crippen LogP contribution in [0.3, 0.4) is 0 Å². The van der Waals surface area contributed by atoms with Gasteiger partial charge in [0.2, 0.25) is 5.91 Å². The van der Waals surface area contributed by atoms with Gasteiger partial charge in [0.15, 0.2) is 0 Å². The molecule has 0 aliphatic heterocycles. The molecule has 2 rings (SSSR count). The molecule has 1 fully saturated rings. The molecular weight excluding hydrogens is 346 g/mol. The molecule has 0 aromatic heterocycles. The predicted molar refractivity (Wildman–Crippen MR) is 103 cm³/mol. The molecule has 27 heavy (non-hydrogen) atoms. The zero-order valence-electron chi connectivity index (χ0n) is 16.6. The van der Waals surface area contributed by atoms with Crippen LogP contribution >= 0.6 is 0 Å². The number of carbonyl (C=O) groups excluding carboxylic acids is 2. The van der Waals surface area contributed by atoms with E-state index in [2.05, 4.69) is 0 Å². The summed E-state index contributed by atoms with van der Waals surface area (Å²) in [5, 5.41) is 0. The van der Waals surface area contributed by atoms with E-state index < -0.39 is 0 Å². The van der Waals surface area contributed by atoms with E-state index in [1.807, 2.05) is 24.3 Å². The van der Waals surface area contributed by atoms with Gasteiger partial charge < -0.3 is 19.1 Å². The summed E-state index contributed by atoms with van der Waals surface area (Å²) < 4.78 is 15.7. The zero-order chi connectivity index (χ0) is 19.6. The van der Waals surface area contributed by atoms with Crippen LogP contribution in [0.5, 0.6) is 11.5 Å². The van der Waals surface area contributed by atoms with Crippen LogP contribution in [0.15, 0.2) is 24.3 Å². The second-order valence-electron chi connectivity index (χ2n) is 7.07. The summed E-state index contributed by atoms with van der Waals surface area (Å²) in [5.74, 6) is 1.02. The van der Waals surface area contributed by atoms with Gasteiger partial charge in [-0.1, -0.05) is 26.2 Å². The van der Waals surface area contributed by atoms with E-state index in [0.717, 1.165) is 37.2 Å². The number of nitrogens with zero attached hydrogens (tertiary/aromatic N) is 1. The SMILES string of the molecule is COC(=O)C(C)CN(CCOc1ccc(OC)cc1)C(=O)C1CCCCC1. The molecule has 1 unspecified atom stereocenters. The van der Waals surface area contributed by atoms with Crippen LogP contribution in [0.2, 0.25) is 0 Å². The van der Waals surface area contributed by atoms with Gasteiger partial charge in [0.25, 0.3) is 0 Å². The first-order chi connectivity index (χ1) is 13.0. The lowest BCUT2D eigenvalue weighted by atomic mass is 9.88. The fourth-order valence-corrected chi connectivity index (χ4v) is 3.45. The first-order valence-electron chi connectivity index (χ1n) is 9.68. The van der Waals surface area contributed by atoms with Gasteiger partial charge in [-0.3, -0.25) is 9.59 Å². The first-order valence-corrected chi connectivity index (χ1v) is 9.68. The Morgan fingerprint density at radius 2 is 1.70 bits per heavy atom. The van der Waals surface area contributed by atoms with Gasteiger partial charge in [-0.05, 0) is 37.1 Å². The molecule has 0 bridgehead atoms. The predicted octanol–water partition coefficient (Wildman–Crippen LogP) is 3.29. The Morgan fingerprint density at radius 1 is 1.07 bits per heavy atom. The summed E-state index contributed by atoms with van der Waals surface area (Å²) in [7, 11) is 2.99. The molecule has 1 saturated carbocycles. The molecule has 0 N–H and O–H groups in total. The second-order valence-corrected chi connectivity index (χ2v) is 7.07. The van der Waals surface area contributed by atoms with Crippen LogP contribution in [0.1, 0.15) is 39.0 Å². The van der Waals surface area contributed by atoms with Gasteiger partial charge in [-0.15, -0.1) is 0 Å². The molecule has 1 aromatic carbocycles. The van der Waals surface area contributed by atoms with Crippen LogP contribution in [-0.2, 0) is 14.3 Å². The number of hydrogen-bond donors (Lipinski definition) is 0. The molecule has 0 radical (unpaired) electrons. The molecular formula is C21H31NO5. The molecule has 0 spiro atoms. The van der Waals surface area contributed by atoms with E-state index >= 15 is 0 Å². The molecule has 1 aliphatic rings. The van der Waals surface area contributed by atoms with Crippen molar-refractivity contribution in [1.82, 2.24) is 4.90 Å². The first kappa shape index (κ1) is 21.1. The number of amides is 1. The largest absolute Gasteiger partial charge is 0.497 e. The lowest BCUT2D eigenvalue weighted by Crippen LogP contribution is -2.43. The molecule has 1 aliphatic carbocycles. The smallest absolute Gasteiger partial charge is 0.310 e. The molecule has 6 nitrogen and oxygen atoms in total. The van der Waals surface area contributed by atoms with Crippen LogP contribution in [0.25, 0.3) is 0 Å². The highest BCUT2D eigenvalue weighted by Crippen LogP contribution is 2.26. The molecule has 0 saturated heterocycles. The number of rotatable bonds is 9. The third kappa shape index (κ3) is 6.45. The van der Waals surface area contributed by atoms with Gasteiger partial charge >= 0.3 is 5.97 Å². The minimum Gasteiger partial charge on any atom is -0.497 e. The van der Waals surface area contributed by atoms with Crippen LogP contribution in [-0.4, -0.2) is 50.7 Å². The average molecular weight is 377 g/mol. The van der Waals surface area contributed by atoms with Crippen LogP contribution in [0, 0.1) is 11.8 Å². The third-order valence-corrected chi connectivity index (χ3v) is 5.05. The number of benzene rings is 1. The van der Waals surface area contributed by atoms with Crippen molar-refractivity contribution in [1.29, 1.82) is 0 Å². The van der Waals surface area contributed by atoms with Crippen molar-refractivity contribution < 1.29 is 23.8 Å². The second kappa shape index (κ2) is 10.8. The number of hydrogen-bond acceptors (Lipinski definition) is 5. The van der Waals surface area contributed by atoms with Crippen LogP contribution < -0.4 is 9.47 Å². The number of methoxy groups -OCH3 is 2. The number of ether oxygens (including phenoxy) is 3. The lowest BCUT2D eigenvalue weighted by molar-refractivity contribution is -0.147. The molecule has 0 heterocycles. The van der Waals surface area contributed by atoms with E-state index in [-0.39, 0.29) is 23.7 Å². The molecule has 150 valence electrons. The van der Waals surface area contributed by atoms with Gasteiger partial charge in [0.1, 0.15) is 18.1 Å². The maximum absolute atomic E-state index is 13.0. The van der Waals surface area contributed by atoms with Gasteiger partial charge in [0.05, 0.1) is 26.7 Å². The van der Waals surface area contributed by atoms with Gasteiger partial charge in [-0.2, -0.15) is 0 Å². The van der Waals surface area contributed by atoms with Crippen molar-refractivity contribution in [2.45, 2.75) is 39.0 Å². The average Bonchev–Trinajstić information content (AvgIpc) is 2.72. The summed E-state index contributed by atoms with van der Waals surface area (Å²) in [6.45, 7) is 2.96. The monoisotopic (exact) mass is 377 g/mol. The fraction of sp³-hybridized carbons (Fsp3) is 0.619. The zero-order valence-corrected chi connectivity index (χ0v) is 16.6. The summed E-state index contributed by atoms with van der Waals surface area (Å²) in [6, 6.07) is 7.34. The minimum absolute atomic E-state index is 0.0598. The Hall–Kier alpha value is -2.24. The highest BCUT2D eigenvalue weighted by atomic mass is 16.5. The Morgan fingerprint density at radius 3 is 2.30 bits per heavy atom. The maximum atomic E-state index is 13.0. The fourth-order valence-electron chi connectivity index (χ4n) is 3.45. The van der Waals surface area contributed by atoms with Gasteiger partial charge in [0, 0.05) is 12.5 Å². The molecule has 1 atom stereocenters. The summed E-state index contributed by atoms with van der Waals surface area (Å²) in [5.41, 5.74) is 0. The topological polar surface area (TPSA) is 65.1 Å². The highest BCUT2D eigenvalue weighted by molar-refractivity contribution is 5.80. The normalized spacial score (nSPS) is 15.7. The van der Waals surface area contributed by atoms with Crippen molar-refractivity contribution in [2.24, 2.45) is 11.8 Å². The van der Waals surface area contributed by atoms with Crippen molar-refractivity contribution in [3.8, 4) is 11.5 Å². The van der Waals surface area contributed by atoms with Gasteiger partial charge in [-0.25, -0.2) is 0 Å². The minimum atomic E-state index is -0.358. The Bertz CT molecular complexity index is 595. The standard InChI is InChI=1S/C21H31NO5/c1-16(21(24)26-3)15-22(20(23)17-7-5-4-6-8-17)13-14-27-19-11-9-18(25-2)10-12-19/h9-12,16-17H,4-8,13-15H2,1-3H3. The maximum Gasteiger partial charge on any atom is 0.310 e. The van der Waals surface area contributed by atoms with E-state index in [4.69, 9.17) is 14.2 Å². The van der Waals surface area contributed by atoms with E-state index in [9.17, 15) is 9.59 Å². The lowest BCUT2D eigenvalue weighted by Gasteiger charge is -2.30. The van der Waals surface area contributed by atoms with Crippen molar-refractivity contribution in [3.05, 3.63) is 24.3 Å². The summed E-state index contributed by atoms with van der Waals surface area (Å²) >= 11 is 0. The van der Waals surface area contributed by atoms with Crippen LogP contribution in [0.4, 0.5) is 0 Å². The number of esters is 1. The Balaban J connectivity index is 1.95. The Kier molecular flexibility index (Phi) is 8.43. The molecule has 6 heteroatoms. The summed E-state index contributed by atoms with van der Waals surface area (Å²) in [6.07, 6.45) is 5.25.